The molecule has 1 aliphatic carbocycles. The van der Waals surface area contributed by atoms with Gasteiger partial charge in [-0.15, -0.1) is 0 Å². The number of carbonyl (C=O) groups excluding carboxylic acids is 3. The molecule has 0 radical (unpaired) electrons. The van der Waals surface area contributed by atoms with Crippen LogP contribution in [0, 0.1) is 0 Å². The van der Waals surface area contributed by atoms with Gasteiger partial charge < -0.3 is 29.6 Å². The number of benzene rings is 2. The molecule has 204 valence electrons. The molecule has 0 bridgehead atoms. The van der Waals surface area contributed by atoms with Gasteiger partial charge in [-0.2, -0.15) is 0 Å². The summed E-state index contributed by atoms with van der Waals surface area (Å²) in [5, 5.41) is 5.26. The van der Waals surface area contributed by atoms with Crippen molar-refractivity contribution in [2.24, 2.45) is 0 Å². The van der Waals surface area contributed by atoms with Gasteiger partial charge in [-0.1, -0.05) is 70.1 Å². The molecule has 3 atom stereocenters. The Morgan fingerprint density at radius 1 is 0.974 bits per heavy atom. The number of rotatable bonds is 11. The molecular formula is C27H32N2O7S2. The van der Waals surface area contributed by atoms with Crippen molar-refractivity contribution in [1.82, 2.24) is 10.6 Å². The highest BCUT2D eigenvalue weighted by Crippen LogP contribution is 2.44. The van der Waals surface area contributed by atoms with E-state index < -0.39 is 30.3 Å². The van der Waals surface area contributed by atoms with Gasteiger partial charge in [0.1, 0.15) is 31.5 Å². The third-order valence-corrected chi connectivity index (χ3v) is 8.73. The molecule has 1 aliphatic heterocycles. The molecule has 0 spiro atoms. The second kappa shape index (κ2) is 13.9. The molecule has 4 rings (SSSR count). The van der Waals surface area contributed by atoms with Crippen LogP contribution in [0.3, 0.4) is 0 Å². The second-order valence-corrected chi connectivity index (χ2v) is 11.5. The lowest BCUT2D eigenvalue weighted by Gasteiger charge is -2.30. The van der Waals surface area contributed by atoms with Crippen LogP contribution in [0.5, 0.6) is 0 Å². The number of esters is 1. The third kappa shape index (κ3) is 7.22. The van der Waals surface area contributed by atoms with Crippen molar-refractivity contribution in [3.05, 3.63) is 59.7 Å². The largest absolute Gasteiger partial charge is 0.457 e. The Kier molecular flexibility index (Phi) is 10.3. The SMILES string of the molecule is COCCNC(=O)CO[C@H]1CSSC[C@@H]1OC(=O)[C@@H](C)NC(=O)OCC1c2ccccc2-c2ccccc21. The molecule has 2 N–H and O–H groups in total. The van der Waals surface area contributed by atoms with Crippen molar-refractivity contribution in [1.29, 1.82) is 0 Å². The zero-order valence-electron chi connectivity index (χ0n) is 21.3. The van der Waals surface area contributed by atoms with E-state index in [1.54, 1.807) is 35.6 Å². The Morgan fingerprint density at radius 3 is 2.26 bits per heavy atom. The minimum Gasteiger partial charge on any atom is -0.457 e. The van der Waals surface area contributed by atoms with Gasteiger partial charge in [-0.3, -0.25) is 4.79 Å². The predicted molar refractivity (Wildman–Crippen MR) is 147 cm³/mol. The van der Waals surface area contributed by atoms with Gasteiger partial charge in [0, 0.05) is 31.1 Å². The zero-order chi connectivity index (χ0) is 26.9. The van der Waals surface area contributed by atoms with Crippen LogP contribution in [-0.4, -0.2) is 81.2 Å². The Labute approximate surface area is 230 Å². The molecule has 1 saturated heterocycles. The van der Waals surface area contributed by atoms with Crippen molar-refractivity contribution in [2.75, 3.05) is 45.0 Å². The Hall–Kier alpha value is -2.73. The summed E-state index contributed by atoms with van der Waals surface area (Å²) >= 11 is 0. The average Bonchev–Trinajstić information content (AvgIpc) is 3.25. The Bertz CT molecular complexity index is 1090. The number of carbonyl (C=O) groups is 3. The number of hydrogen-bond donors (Lipinski definition) is 2. The lowest BCUT2D eigenvalue weighted by Crippen LogP contribution is -2.46. The normalized spacial score (nSPS) is 19.1. The maximum atomic E-state index is 12.7. The van der Waals surface area contributed by atoms with Crippen LogP contribution < -0.4 is 10.6 Å². The van der Waals surface area contributed by atoms with Crippen molar-refractivity contribution in [2.45, 2.75) is 31.1 Å². The summed E-state index contributed by atoms with van der Waals surface area (Å²) in [4.78, 5) is 37.2. The molecule has 1 heterocycles. The standard InChI is InChI=1S/C27H32N2O7S2/c1-17(26(31)36-24-16-38-37-15-23(24)34-14-25(30)28-11-12-33-2)29-27(32)35-13-22-20-9-5-3-7-18(20)19-8-4-6-10-21(19)22/h3-10,17,22-24H,11-16H2,1-2H3,(H,28,30)(H,29,32)/t17-,23+,24+/m1/s1. The molecule has 0 aromatic heterocycles. The van der Waals surface area contributed by atoms with Crippen molar-refractivity contribution < 1.29 is 33.3 Å². The molecule has 2 aromatic carbocycles. The molecule has 9 nitrogen and oxygen atoms in total. The highest BCUT2D eigenvalue weighted by molar-refractivity contribution is 8.76. The van der Waals surface area contributed by atoms with E-state index in [1.165, 1.54) is 0 Å². The summed E-state index contributed by atoms with van der Waals surface area (Å²) in [6.07, 6.45) is -1.65. The number of ether oxygens (including phenoxy) is 4. The lowest BCUT2D eigenvalue weighted by molar-refractivity contribution is -0.157. The van der Waals surface area contributed by atoms with Crippen LogP contribution in [0.15, 0.2) is 48.5 Å². The van der Waals surface area contributed by atoms with Crippen LogP contribution in [0.2, 0.25) is 0 Å². The zero-order valence-corrected chi connectivity index (χ0v) is 23.0. The number of amides is 2. The van der Waals surface area contributed by atoms with E-state index in [1.807, 2.05) is 36.4 Å². The number of methoxy groups -OCH3 is 1. The Balaban J connectivity index is 1.25. The molecule has 2 aliphatic rings. The van der Waals surface area contributed by atoms with Crippen LogP contribution >= 0.6 is 21.6 Å². The topological polar surface area (TPSA) is 112 Å². The minimum absolute atomic E-state index is 0.0724. The molecular weight excluding hydrogens is 528 g/mol. The Morgan fingerprint density at radius 2 is 1.61 bits per heavy atom. The van der Waals surface area contributed by atoms with Crippen molar-refractivity contribution in [3.8, 4) is 11.1 Å². The first-order valence-corrected chi connectivity index (χ1v) is 14.9. The highest BCUT2D eigenvalue weighted by atomic mass is 33.1. The summed E-state index contributed by atoms with van der Waals surface area (Å²) in [5.74, 6) is 0.165. The van der Waals surface area contributed by atoms with E-state index in [9.17, 15) is 14.4 Å². The van der Waals surface area contributed by atoms with E-state index in [0.717, 1.165) is 22.3 Å². The van der Waals surface area contributed by atoms with Crippen molar-refractivity contribution >= 4 is 39.6 Å². The van der Waals surface area contributed by atoms with E-state index in [2.05, 4.69) is 22.8 Å². The summed E-state index contributed by atoms with van der Waals surface area (Å²) in [7, 11) is 4.72. The molecule has 2 aromatic rings. The van der Waals surface area contributed by atoms with Gasteiger partial charge in [0.2, 0.25) is 5.91 Å². The van der Waals surface area contributed by atoms with E-state index in [0.29, 0.717) is 24.7 Å². The predicted octanol–water partition coefficient (Wildman–Crippen LogP) is 3.37. The van der Waals surface area contributed by atoms with Crippen LogP contribution in [-0.2, 0) is 28.5 Å². The van der Waals surface area contributed by atoms with E-state index in [-0.39, 0.29) is 25.0 Å². The monoisotopic (exact) mass is 560 g/mol. The summed E-state index contributed by atoms with van der Waals surface area (Å²) < 4.78 is 21.8. The number of alkyl carbamates (subject to hydrolysis) is 1. The fourth-order valence-corrected chi connectivity index (χ4v) is 6.80. The van der Waals surface area contributed by atoms with Crippen LogP contribution in [0.1, 0.15) is 24.0 Å². The number of fused-ring (bicyclic) bond motifs is 3. The molecule has 11 heteroatoms. The average molecular weight is 561 g/mol. The first-order valence-electron chi connectivity index (χ1n) is 12.4. The minimum atomic E-state index is -0.914. The summed E-state index contributed by atoms with van der Waals surface area (Å²) in [5.41, 5.74) is 4.50. The quantitative estimate of drug-likeness (QED) is 0.243. The number of hydrogen-bond acceptors (Lipinski definition) is 9. The van der Waals surface area contributed by atoms with Crippen LogP contribution in [0.25, 0.3) is 11.1 Å². The fraction of sp³-hybridized carbons (Fsp3) is 0.444. The maximum absolute atomic E-state index is 12.7. The summed E-state index contributed by atoms with van der Waals surface area (Å²) in [6, 6.07) is 15.3. The van der Waals surface area contributed by atoms with Gasteiger partial charge in [0.15, 0.2) is 0 Å². The molecule has 38 heavy (non-hydrogen) atoms. The first kappa shape index (κ1) is 28.3. The van der Waals surface area contributed by atoms with Gasteiger partial charge in [0.05, 0.1) is 6.61 Å². The molecule has 2 amide bonds. The molecule has 0 saturated carbocycles. The second-order valence-electron chi connectivity index (χ2n) is 8.93. The van der Waals surface area contributed by atoms with Crippen molar-refractivity contribution in [3.63, 3.8) is 0 Å². The molecule has 0 unspecified atom stereocenters. The maximum Gasteiger partial charge on any atom is 0.407 e. The van der Waals surface area contributed by atoms with Gasteiger partial charge >= 0.3 is 12.1 Å². The van der Waals surface area contributed by atoms with Crippen LogP contribution in [0.4, 0.5) is 4.79 Å². The summed E-state index contributed by atoms with van der Waals surface area (Å²) in [6.45, 7) is 2.37. The highest BCUT2D eigenvalue weighted by Gasteiger charge is 2.33. The van der Waals surface area contributed by atoms with Gasteiger partial charge in [-0.25, -0.2) is 9.59 Å². The fourth-order valence-electron chi connectivity index (χ4n) is 4.36. The smallest absolute Gasteiger partial charge is 0.407 e. The molecule has 1 fully saturated rings. The van der Waals surface area contributed by atoms with E-state index in [4.69, 9.17) is 18.9 Å². The number of nitrogens with one attached hydrogen (secondary N) is 2. The lowest BCUT2D eigenvalue weighted by atomic mass is 9.98. The first-order chi connectivity index (χ1) is 18.5. The van der Waals surface area contributed by atoms with Gasteiger partial charge in [0.25, 0.3) is 0 Å². The van der Waals surface area contributed by atoms with E-state index >= 15 is 0 Å². The third-order valence-electron chi connectivity index (χ3n) is 6.32. The van der Waals surface area contributed by atoms with Gasteiger partial charge in [-0.05, 0) is 29.2 Å².